The number of hydrogen-bond acceptors (Lipinski definition) is 4. The van der Waals surface area contributed by atoms with E-state index >= 15 is 0 Å². The number of amides is 1. The Balaban J connectivity index is 1.83. The van der Waals surface area contributed by atoms with Gasteiger partial charge in [-0.25, -0.2) is 17.5 Å². The van der Waals surface area contributed by atoms with Crippen LogP contribution in [0, 0.1) is 0 Å². The first-order valence-electron chi connectivity index (χ1n) is 7.06. The van der Waals surface area contributed by atoms with Gasteiger partial charge in [0.15, 0.2) is 0 Å². The zero-order valence-corrected chi connectivity index (χ0v) is 14.6. The highest BCUT2D eigenvalue weighted by molar-refractivity contribution is 9.10. The number of sulfonamides is 1. The number of nitrogens with zero attached hydrogens (tertiary/aromatic N) is 2. The van der Waals surface area contributed by atoms with Crippen LogP contribution >= 0.6 is 15.9 Å². The van der Waals surface area contributed by atoms with Crippen molar-refractivity contribution < 1.29 is 17.9 Å². The molecule has 6 nitrogen and oxygen atoms in total. The number of hydrogen-bond donors (Lipinski definition) is 0. The minimum atomic E-state index is -3.17. The summed E-state index contributed by atoms with van der Waals surface area (Å²) in [6, 6.07) is 5.71. The van der Waals surface area contributed by atoms with Gasteiger partial charge in [-0.2, -0.15) is 0 Å². The van der Waals surface area contributed by atoms with Crippen LogP contribution in [0.25, 0.3) is 0 Å². The second kappa shape index (κ2) is 5.82. The van der Waals surface area contributed by atoms with Crippen LogP contribution in [0.3, 0.4) is 0 Å². The van der Waals surface area contributed by atoms with Crippen LogP contribution in [0.15, 0.2) is 22.7 Å². The lowest BCUT2D eigenvalue weighted by molar-refractivity contribution is 0.136. The summed E-state index contributed by atoms with van der Waals surface area (Å²) in [6.07, 6.45) is 2.08. The van der Waals surface area contributed by atoms with Crippen molar-refractivity contribution in [2.45, 2.75) is 25.5 Å². The summed E-state index contributed by atoms with van der Waals surface area (Å²) >= 11 is 3.42. The van der Waals surface area contributed by atoms with E-state index in [1.165, 1.54) is 10.6 Å². The number of benzene rings is 1. The molecule has 0 atom stereocenters. The lowest BCUT2D eigenvalue weighted by atomic mass is 10.0. The van der Waals surface area contributed by atoms with E-state index in [-0.39, 0.29) is 18.7 Å². The van der Waals surface area contributed by atoms with Crippen LogP contribution in [-0.4, -0.2) is 44.2 Å². The summed E-state index contributed by atoms with van der Waals surface area (Å²) in [6.45, 7) is 1.13. The molecular formula is C14H17BrN2O4S. The first kappa shape index (κ1) is 15.8. The zero-order valence-electron chi connectivity index (χ0n) is 12.2. The Bertz CT molecular complexity index is 699. The quantitative estimate of drug-likeness (QED) is 0.779. The standard InChI is InChI=1S/C14H17BrN2O4S/c1-22(19,20)16-6-4-12(5-7-16)17-13-3-2-11(15)8-10(13)9-21-14(17)18/h2-3,8,12H,4-7,9H2,1H3. The average Bonchev–Trinajstić information content (AvgIpc) is 2.47. The molecule has 0 aliphatic carbocycles. The summed E-state index contributed by atoms with van der Waals surface area (Å²) in [7, 11) is -3.17. The zero-order chi connectivity index (χ0) is 15.9. The van der Waals surface area contributed by atoms with E-state index in [2.05, 4.69) is 15.9 Å². The Morgan fingerprint density at radius 1 is 1.27 bits per heavy atom. The van der Waals surface area contributed by atoms with Gasteiger partial charge in [-0.3, -0.25) is 4.90 Å². The Morgan fingerprint density at radius 2 is 1.95 bits per heavy atom. The fourth-order valence-electron chi connectivity index (χ4n) is 2.99. The third-order valence-corrected chi connectivity index (χ3v) is 5.90. The molecule has 22 heavy (non-hydrogen) atoms. The molecular weight excluding hydrogens is 372 g/mol. The number of carbonyl (C=O) groups is 1. The van der Waals surface area contributed by atoms with E-state index in [1.807, 2.05) is 18.2 Å². The van der Waals surface area contributed by atoms with Crippen molar-refractivity contribution in [3.05, 3.63) is 28.2 Å². The Morgan fingerprint density at radius 3 is 2.59 bits per heavy atom. The van der Waals surface area contributed by atoms with E-state index in [0.29, 0.717) is 25.9 Å². The summed E-state index contributed by atoms with van der Waals surface area (Å²) in [5, 5.41) is 0. The fourth-order valence-corrected chi connectivity index (χ4v) is 4.27. The molecule has 120 valence electrons. The molecule has 0 radical (unpaired) electrons. The molecule has 0 spiro atoms. The van der Waals surface area contributed by atoms with Crippen LogP contribution in [0.1, 0.15) is 18.4 Å². The van der Waals surface area contributed by atoms with E-state index in [1.54, 1.807) is 4.90 Å². The van der Waals surface area contributed by atoms with Gasteiger partial charge in [0.05, 0.1) is 11.9 Å². The highest BCUT2D eigenvalue weighted by atomic mass is 79.9. The number of anilines is 1. The molecule has 2 heterocycles. The maximum Gasteiger partial charge on any atom is 0.414 e. The number of cyclic esters (lactones) is 1. The molecule has 1 fully saturated rings. The van der Waals surface area contributed by atoms with Crippen molar-refractivity contribution in [3.63, 3.8) is 0 Å². The van der Waals surface area contributed by atoms with Gasteiger partial charge < -0.3 is 4.74 Å². The van der Waals surface area contributed by atoms with Crippen LogP contribution in [0.4, 0.5) is 10.5 Å². The van der Waals surface area contributed by atoms with Gasteiger partial charge in [0.25, 0.3) is 0 Å². The number of piperidine rings is 1. The first-order chi connectivity index (χ1) is 10.4. The monoisotopic (exact) mass is 388 g/mol. The summed E-state index contributed by atoms with van der Waals surface area (Å²) in [5.74, 6) is 0. The van der Waals surface area contributed by atoms with Gasteiger partial charge >= 0.3 is 6.09 Å². The molecule has 0 unspecified atom stereocenters. The third-order valence-electron chi connectivity index (χ3n) is 4.11. The number of carbonyl (C=O) groups excluding carboxylic acids is 1. The van der Waals surface area contributed by atoms with Crippen molar-refractivity contribution in [1.82, 2.24) is 4.31 Å². The number of ether oxygens (including phenoxy) is 1. The van der Waals surface area contributed by atoms with Crippen LogP contribution < -0.4 is 4.90 Å². The lowest BCUT2D eigenvalue weighted by Gasteiger charge is -2.39. The smallest absolute Gasteiger partial charge is 0.414 e. The second-order valence-electron chi connectivity index (χ2n) is 5.59. The predicted molar refractivity (Wildman–Crippen MR) is 86.2 cm³/mol. The minimum Gasteiger partial charge on any atom is -0.444 e. The maximum absolute atomic E-state index is 12.2. The molecule has 1 amide bonds. The largest absolute Gasteiger partial charge is 0.444 e. The summed E-state index contributed by atoms with van der Waals surface area (Å²) < 4.78 is 30.8. The van der Waals surface area contributed by atoms with Gasteiger partial charge in [-0.05, 0) is 31.0 Å². The topological polar surface area (TPSA) is 66.9 Å². The molecule has 2 aliphatic rings. The van der Waals surface area contributed by atoms with Crippen LogP contribution in [-0.2, 0) is 21.4 Å². The fraction of sp³-hybridized carbons (Fsp3) is 0.500. The summed E-state index contributed by atoms with van der Waals surface area (Å²) in [4.78, 5) is 13.9. The molecule has 0 bridgehead atoms. The highest BCUT2D eigenvalue weighted by Crippen LogP contribution is 2.33. The maximum atomic E-state index is 12.2. The third kappa shape index (κ3) is 3.00. The molecule has 0 saturated carbocycles. The normalized spacial score (nSPS) is 20.6. The second-order valence-corrected chi connectivity index (χ2v) is 8.49. The van der Waals surface area contributed by atoms with Gasteiger partial charge in [-0.15, -0.1) is 0 Å². The number of halogens is 1. The Hall–Kier alpha value is -1.12. The van der Waals surface area contributed by atoms with E-state index in [4.69, 9.17) is 4.74 Å². The molecule has 0 aromatic heterocycles. The van der Waals surface area contributed by atoms with Crippen molar-refractivity contribution in [1.29, 1.82) is 0 Å². The molecule has 0 N–H and O–H groups in total. The van der Waals surface area contributed by atoms with Crippen molar-refractivity contribution in [2.75, 3.05) is 24.2 Å². The Labute approximate surface area is 138 Å². The predicted octanol–water partition coefficient (Wildman–Crippen LogP) is 2.33. The Kier molecular flexibility index (Phi) is 4.17. The molecule has 1 saturated heterocycles. The number of rotatable bonds is 2. The van der Waals surface area contributed by atoms with Gasteiger partial charge in [0, 0.05) is 29.2 Å². The first-order valence-corrected chi connectivity index (χ1v) is 9.70. The summed E-state index contributed by atoms with van der Waals surface area (Å²) in [5.41, 5.74) is 1.82. The molecule has 2 aliphatic heterocycles. The van der Waals surface area contributed by atoms with Gasteiger partial charge in [-0.1, -0.05) is 15.9 Å². The molecule has 3 rings (SSSR count). The van der Waals surface area contributed by atoms with Gasteiger partial charge in [0.2, 0.25) is 10.0 Å². The number of fused-ring (bicyclic) bond motifs is 1. The average molecular weight is 389 g/mol. The van der Waals surface area contributed by atoms with Gasteiger partial charge in [0.1, 0.15) is 6.61 Å². The SMILES string of the molecule is CS(=O)(=O)N1CCC(N2C(=O)OCc3cc(Br)ccc32)CC1. The molecule has 1 aromatic carbocycles. The van der Waals surface area contributed by atoms with E-state index < -0.39 is 10.0 Å². The lowest BCUT2D eigenvalue weighted by Crippen LogP contribution is -2.50. The van der Waals surface area contributed by atoms with Crippen molar-refractivity contribution in [3.8, 4) is 0 Å². The minimum absolute atomic E-state index is 0.0364. The highest BCUT2D eigenvalue weighted by Gasteiger charge is 2.35. The van der Waals surface area contributed by atoms with Crippen molar-refractivity contribution >= 4 is 37.7 Å². The van der Waals surface area contributed by atoms with Crippen LogP contribution in [0.5, 0.6) is 0 Å². The molecule has 1 aromatic rings. The molecule has 8 heteroatoms. The van der Waals surface area contributed by atoms with E-state index in [0.717, 1.165) is 15.7 Å². The van der Waals surface area contributed by atoms with Crippen molar-refractivity contribution in [2.24, 2.45) is 0 Å². The van der Waals surface area contributed by atoms with Crippen LogP contribution in [0.2, 0.25) is 0 Å². The van der Waals surface area contributed by atoms with E-state index in [9.17, 15) is 13.2 Å².